The fraction of sp³-hybridized carbons (Fsp3) is 0.889. The second-order valence-corrected chi connectivity index (χ2v) is 3.72. The maximum atomic E-state index is 9.37. The summed E-state index contributed by atoms with van der Waals surface area (Å²) in [5.74, 6) is -0.169. The standard InChI is InChI=1S/C6H15N.C3H6O2/c1-5(2)6(3,4)7;1-2-3(4)5/h5H,7H2,1-4H3;2H2,1H3,(H,4,5). The van der Waals surface area contributed by atoms with E-state index in [0.29, 0.717) is 5.92 Å². The van der Waals surface area contributed by atoms with E-state index in [0.717, 1.165) is 0 Å². The van der Waals surface area contributed by atoms with Crippen molar-refractivity contribution in [3.8, 4) is 0 Å². The predicted octanol–water partition coefficient (Wildman–Crippen LogP) is 1.86. The highest BCUT2D eigenvalue weighted by atomic mass is 16.4. The molecular formula is C9H21NO2. The average molecular weight is 175 g/mol. The largest absolute Gasteiger partial charge is 0.481 e. The number of nitrogens with two attached hydrogens (primary N) is 1. The van der Waals surface area contributed by atoms with E-state index in [2.05, 4.69) is 13.8 Å². The summed E-state index contributed by atoms with van der Waals surface area (Å²) in [5.41, 5.74) is 5.68. The van der Waals surface area contributed by atoms with E-state index in [1.54, 1.807) is 6.92 Å². The van der Waals surface area contributed by atoms with Crippen molar-refractivity contribution in [1.82, 2.24) is 0 Å². The first-order chi connectivity index (χ1) is 5.21. The van der Waals surface area contributed by atoms with Crippen molar-refractivity contribution in [3.05, 3.63) is 0 Å². The van der Waals surface area contributed by atoms with Crippen LogP contribution >= 0.6 is 0 Å². The SMILES string of the molecule is CC(C)C(C)(C)N.CCC(=O)O. The summed E-state index contributed by atoms with van der Waals surface area (Å²) in [6, 6.07) is 0. The number of carboxylic acid groups (broad SMARTS) is 1. The lowest BCUT2D eigenvalue weighted by Gasteiger charge is -2.22. The zero-order chi connectivity index (χ0) is 10.4. The Hall–Kier alpha value is -0.570. The minimum Gasteiger partial charge on any atom is -0.481 e. The molecule has 0 heterocycles. The summed E-state index contributed by atoms with van der Waals surface area (Å²) in [7, 11) is 0. The monoisotopic (exact) mass is 175 g/mol. The second-order valence-electron chi connectivity index (χ2n) is 3.72. The Labute approximate surface area is 75.0 Å². The van der Waals surface area contributed by atoms with Crippen LogP contribution in [0.15, 0.2) is 0 Å². The molecule has 0 saturated carbocycles. The van der Waals surface area contributed by atoms with E-state index in [1.165, 1.54) is 0 Å². The normalized spacial score (nSPS) is 10.6. The van der Waals surface area contributed by atoms with E-state index in [4.69, 9.17) is 10.8 Å². The molecule has 0 saturated heterocycles. The zero-order valence-electron chi connectivity index (χ0n) is 8.72. The highest BCUT2D eigenvalue weighted by molar-refractivity contribution is 5.66. The average Bonchev–Trinajstić information content (AvgIpc) is 1.87. The summed E-state index contributed by atoms with van der Waals surface area (Å²) < 4.78 is 0. The number of carboxylic acids is 1. The van der Waals surface area contributed by atoms with Gasteiger partial charge in [-0.1, -0.05) is 20.8 Å². The van der Waals surface area contributed by atoms with Crippen LogP contribution in [0.5, 0.6) is 0 Å². The van der Waals surface area contributed by atoms with Gasteiger partial charge in [0.1, 0.15) is 0 Å². The quantitative estimate of drug-likeness (QED) is 0.673. The van der Waals surface area contributed by atoms with Crippen LogP contribution in [0.1, 0.15) is 41.0 Å². The van der Waals surface area contributed by atoms with Gasteiger partial charge in [-0.15, -0.1) is 0 Å². The van der Waals surface area contributed by atoms with Gasteiger partial charge in [0.15, 0.2) is 0 Å². The van der Waals surface area contributed by atoms with Crippen LogP contribution in [0.25, 0.3) is 0 Å². The van der Waals surface area contributed by atoms with Crippen molar-refractivity contribution in [2.24, 2.45) is 11.7 Å². The van der Waals surface area contributed by atoms with Crippen LogP contribution in [-0.4, -0.2) is 16.6 Å². The summed E-state index contributed by atoms with van der Waals surface area (Å²) in [6.45, 7) is 9.93. The lowest BCUT2D eigenvalue weighted by molar-refractivity contribution is -0.136. The molecule has 0 fully saturated rings. The van der Waals surface area contributed by atoms with Crippen molar-refractivity contribution in [2.75, 3.05) is 0 Å². The minimum atomic E-state index is -0.745. The smallest absolute Gasteiger partial charge is 0.303 e. The first-order valence-electron chi connectivity index (χ1n) is 4.22. The number of carbonyl (C=O) groups is 1. The fourth-order valence-corrected chi connectivity index (χ4v) is 0. The van der Waals surface area contributed by atoms with Gasteiger partial charge in [-0.3, -0.25) is 4.79 Å². The van der Waals surface area contributed by atoms with Crippen LogP contribution in [0.4, 0.5) is 0 Å². The molecule has 0 amide bonds. The third kappa shape index (κ3) is 12.1. The molecule has 0 aromatic rings. The van der Waals surface area contributed by atoms with E-state index in [-0.39, 0.29) is 12.0 Å². The molecule has 0 aromatic carbocycles. The molecule has 0 aliphatic carbocycles. The number of hydrogen-bond acceptors (Lipinski definition) is 2. The third-order valence-corrected chi connectivity index (χ3v) is 1.79. The summed E-state index contributed by atoms with van der Waals surface area (Å²) in [4.78, 5) is 9.37. The van der Waals surface area contributed by atoms with Crippen LogP contribution in [0.2, 0.25) is 0 Å². The fourth-order valence-electron chi connectivity index (χ4n) is 0. The summed E-state index contributed by atoms with van der Waals surface area (Å²) >= 11 is 0. The third-order valence-electron chi connectivity index (χ3n) is 1.79. The summed E-state index contributed by atoms with van der Waals surface area (Å²) in [6.07, 6.45) is 0.222. The first-order valence-corrected chi connectivity index (χ1v) is 4.22. The Morgan fingerprint density at radius 1 is 1.50 bits per heavy atom. The highest BCUT2D eigenvalue weighted by Crippen LogP contribution is 2.09. The van der Waals surface area contributed by atoms with E-state index in [9.17, 15) is 4.79 Å². The van der Waals surface area contributed by atoms with Gasteiger partial charge in [0.05, 0.1) is 0 Å². The number of aliphatic carboxylic acids is 1. The topological polar surface area (TPSA) is 63.3 Å². The van der Waals surface area contributed by atoms with Gasteiger partial charge in [-0.05, 0) is 19.8 Å². The van der Waals surface area contributed by atoms with Gasteiger partial charge in [0.2, 0.25) is 0 Å². The Balaban J connectivity index is 0. The lowest BCUT2D eigenvalue weighted by atomic mass is 9.92. The van der Waals surface area contributed by atoms with Gasteiger partial charge in [0, 0.05) is 12.0 Å². The molecule has 0 unspecified atom stereocenters. The molecule has 3 N–H and O–H groups in total. The van der Waals surface area contributed by atoms with Crippen LogP contribution in [0.3, 0.4) is 0 Å². The Morgan fingerprint density at radius 2 is 1.67 bits per heavy atom. The second kappa shape index (κ2) is 6.00. The molecule has 0 radical (unpaired) electrons. The van der Waals surface area contributed by atoms with Crippen molar-refractivity contribution < 1.29 is 9.90 Å². The Morgan fingerprint density at radius 3 is 1.67 bits per heavy atom. The molecular weight excluding hydrogens is 154 g/mol. The van der Waals surface area contributed by atoms with Crippen LogP contribution in [0, 0.1) is 5.92 Å². The van der Waals surface area contributed by atoms with E-state index >= 15 is 0 Å². The number of rotatable bonds is 2. The summed E-state index contributed by atoms with van der Waals surface area (Å²) in [5, 5.41) is 7.72. The van der Waals surface area contributed by atoms with E-state index < -0.39 is 5.97 Å². The molecule has 0 aliphatic heterocycles. The maximum absolute atomic E-state index is 9.37. The number of hydrogen-bond donors (Lipinski definition) is 2. The Bertz CT molecular complexity index is 125. The van der Waals surface area contributed by atoms with Crippen molar-refractivity contribution in [3.63, 3.8) is 0 Å². The molecule has 12 heavy (non-hydrogen) atoms. The van der Waals surface area contributed by atoms with Crippen molar-refractivity contribution in [2.45, 2.75) is 46.6 Å². The van der Waals surface area contributed by atoms with Gasteiger partial charge < -0.3 is 10.8 Å². The minimum absolute atomic E-state index is 0. The molecule has 3 heteroatoms. The predicted molar refractivity (Wildman–Crippen MR) is 51.0 cm³/mol. The molecule has 0 aliphatic rings. The van der Waals surface area contributed by atoms with Crippen molar-refractivity contribution in [1.29, 1.82) is 0 Å². The van der Waals surface area contributed by atoms with Gasteiger partial charge in [-0.25, -0.2) is 0 Å². The molecule has 0 aromatic heterocycles. The first kappa shape index (κ1) is 14.0. The van der Waals surface area contributed by atoms with Gasteiger partial charge in [0.25, 0.3) is 0 Å². The van der Waals surface area contributed by atoms with Gasteiger partial charge >= 0.3 is 5.97 Å². The van der Waals surface area contributed by atoms with Crippen molar-refractivity contribution >= 4 is 5.97 Å². The highest BCUT2D eigenvalue weighted by Gasteiger charge is 2.14. The van der Waals surface area contributed by atoms with Crippen LogP contribution < -0.4 is 5.73 Å². The van der Waals surface area contributed by atoms with Crippen LogP contribution in [-0.2, 0) is 4.79 Å². The molecule has 3 nitrogen and oxygen atoms in total. The Kier molecular flexibility index (Phi) is 6.99. The van der Waals surface area contributed by atoms with Gasteiger partial charge in [-0.2, -0.15) is 0 Å². The molecule has 0 spiro atoms. The molecule has 0 atom stereocenters. The molecule has 0 rings (SSSR count). The van der Waals surface area contributed by atoms with E-state index in [1.807, 2.05) is 13.8 Å². The molecule has 74 valence electrons. The maximum Gasteiger partial charge on any atom is 0.303 e. The molecule has 0 bridgehead atoms. The zero-order valence-corrected chi connectivity index (χ0v) is 8.72. The lowest BCUT2D eigenvalue weighted by Crippen LogP contribution is -2.37.